The second-order valence-electron chi connectivity index (χ2n) is 4.44. The van der Waals surface area contributed by atoms with Crippen LogP contribution in [-0.2, 0) is 13.6 Å². The van der Waals surface area contributed by atoms with Crippen LogP contribution in [0.3, 0.4) is 0 Å². The van der Waals surface area contributed by atoms with Crippen LogP contribution in [0.2, 0.25) is 0 Å². The lowest BCUT2D eigenvalue weighted by Crippen LogP contribution is -2.25. The van der Waals surface area contributed by atoms with Gasteiger partial charge < -0.3 is 14.8 Å². The summed E-state index contributed by atoms with van der Waals surface area (Å²) >= 11 is 0. The Labute approximate surface area is 96.8 Å². The lowest BCUT2D eigenvalue weighted by Gasteiger charge is -2.14. The van der Waals surface area contributed by atoms with Gasteiger partial charge in [-0.05, 0) is 45.4 Å². The van der Waals surface area contributed by atoms with E-state index < -0.39 is 0 Å². The molecular weight excluding hydrogens is 202 g/mol. The number of hydrogen-bond donors (Lipinski definition) is 1. The van der Waals surface area contributed by atoms with E-state index in [1.165, 1.54) is 38.9 Å². The van der Waals surface area contributed by atoms with E-state index in [0.29, 0.717) is 0 Å². The minimum absolute atomic E-state index is 0.816. The summed E-state index contributed by atoms with van der Waals surface area (Å²) in [6, 6.07) is 0. The molecule has 1 aliphatic heterocycles. The zero-order valence-corrected chi connectivity index (χ0v) is 10.0. The zero-order chi connectivity index (χ0) is 11.2. The number of nitrogens with one attached hydrogen (secondary N) is 1. The molecule has 90 valence electrons. The fourth-order valence-electron chi connectivity index (χ4n) is 2.10. The van der Waals surface area contributed by atoms with Crippen molar-refractivity contribution in [2.24, 2.45) is 7.05 Å². The van der Waals surface area contributed by atoms with Gasteiger partial charge in [0.25, 0.3) is 0 Å². The van der Waals surface area contributed by atoms with Crippen LogP contribution in [0.4, 0.5) is 0 Å². The Hall–Kier alpha value is -0.940. The average molecular weight is 223 g/mol. The molecule has 0 amide bonds. The third-order valence-electron chi connectivity index (χ3n) is 3.11. The smallest absolute Gasteiger partial charge is 0.146 e. The molecule has 1 aliphatic rings. The van der Waals surface area contributed by atoms with Crippen molar-refractivity contribution < 1.29 is 0 Å². The summed E-state index contributed by atoms with van der Waals surface area (Å²) in [5.74, 6) is 1.00. The van der Waals surface area contributed by atoms with Gasteiger partial charge in [-0.1, -0.05) is 0 Å². The van der Waals surface area contributed by atoms with Gasteiger partial charge in [0.1, 0.15) is 12.2 Å². The molecule has 1 saturated heterocycles. The number of aryl methyl sites for hydroxylation is 1. The molecule has 1 fully saturated rings. The molecule has 5 heteroatoms. The van der Waals surface area contributed by atoms with Gasteiger partial charge in [-0.3, -0.25) is 0 Å². The van der Waals surface area contributed by atoms with Gasteiger partial charge in [0.05, 0.1) is 6.54 Å². The summed E-state index contributed by atoms with van der Waals surface area (Å²) in [5.41, 5.74) is 0. The van der Waals surface area contributed by atoms with E-state index in [1.54, 1.807) is 6.33 Å². The first kappa shape index (κ1) is 11.5. The van der Waals surface area contributed by atoms with E-state index in [2.05, 4.69) is 20.4 Å². The van der Waals surface area contributed by atoms with Crippen LogP contribution in [0.25, 0.3) is 0 Å². The fourth-order valence-corrected chi connectivity index (χ4v) is 2.10. The molecule has 1 aromatic heterocycles. The van der Waals surface area contributed by atoms with Gasteiger partial charge in [-0.25, -0.2) is 0 Å². The van der Waals surface area contributed by atoms with Crippen LogP contribution in [-0.4, -0.2) is 45.8 Å². The van der Waals surface area contributed by atoms with Crippen molar-refractivity contribution in [3.8, 4) is 0 Å². The Morgan fingerprint density at radius 2 is 2.19 bits per heavy atom. The normalized spacial score (nSPS) is 17.1. The second kappa shape index (κ2) is 5.96. The van der Waals surface area contributed by atoms with Crippen LogP contribution in [0.5, 0.6) is 0 Å². The summed E-state index contributed by atoms with van der Waals surface area (Å²) < 4.78 is 1.95. The third-order valence-corrected chi connectivity index (χ3v) is 3.11. The minimum Gasteiger partial charge on any atom is -0.320 e. The fraction of sp³-hybridized carbons (Fsp3) is 0.818. The van der Waals surface area contributed by atoms with Gasteiger partial charge in [-0.2, -0.15) is 0 Å². The van der Waals surface area contributed by atoms with Crippen molar-refractivity contribution in [1.29, 1.82) is 0 Å². The van der Waals surface area contributed by atoms with E-state index in [0.717, 1.165) is 18.9 Å². The van der Waals surface area contributed by atoms with Crippen molar-refractivity contribution in [2.45, 2.75) is 25.8 Å². The predicted octanol–water partition coefficient (Wildman–Crippen LogP) is 0.391. The number of hydrogen-bond acceptors (Lipinski definition) is 4. The quantitative estimate of drug-likeness (QED) is 0.709. The molecule has 0 aromatic carbocycles. The van der Waals surface area contributed by atoms with E-state index >= 15 is 0 Å². The number of aromatic nitrogens is 3. The second-order valence-corrected chi connectivity index (χ2v) is 4.44. The monoisotopic (exact) mass is 223 g/mol. The first-order chi connectivity index (χ1) is 7.86. The SMILES string of the molecule is Cn1cnnc1CNCCCN1CCCC1. The minimum atomic E-state index is 0.816. The van der Waals surface area contributed by atoms with Crippen molar-refractivity contribution in [2.75, 3.05) is 26.2 Å². The third kappa shape index (κ3) is 3.28. The molecule has 0 radical (unpaired) electrons. The van der Waals surface area contributed by atoms with E-state index in [1.807, 2.05) is 11.6 Å². The van der Waals surface area contributed by atoms with Gasteiger partial charge in [0, 0.05) is 7.05 Å². The zero-order valence-electron chi connectivity index (χ0n) is 10.0. The standard InChI is InChI=1S/C11H21N5/c1-15-10-13-14-11(15)9-12-5-4-8-16-6-2-3-7-16/h10,12H,2-9H2,1H3. The summed E-state index contributed by atoms with van der Waals surface area (Å²) in [5, 5.41) is 11.3. The molecule has 0 aliphatic carbocycles. The summed E-state index contributed by atoms with van der Waals surface area (Å²) in [6.45, 7) is 5.69. The molecule has 16 heavy (non-hydrogen) atoms. The Morgan fingerprint density at radius 1 is 1.38 bits per heavy atom. The molecule has 5 nitrogen and oxygen atoms in total. The topological polar surface area (TPSA) is 46.0 Å². The van der Waals surface area contributed by atoms with Crippen LogP contribution >= 0.6 is 0 Å². The highest BCUT2D eigenvalue weighted by atomic mass is 15.3. The highest BCUT2D eigenvalue weighted by Crippen LogP contribution is 2.06. The first-order valence-electron chi connectivity index (χ1n) is 6.12. The lowest BCUT2D eigenvalue weighted by atomic mass is 10.4. The average Bonchev–Trinajstić information content (AvgIpc) is 2.90. The molecule has 1 N–H and O–H groups in total. The molecule has 2 rings (SSSR count). The Balaban J connectivity index is 1.53. The predicted molar refractivity (Wildman–Crippen MR) is 63.0 cm³/mol. The van der Waals surface area contributed by atoms with E-state index in [9.17, 15) is 0 Å². The molecular formula is C11H21N5. The van der Waals surface area contributed by atoms with Crippen LogP contribution in [0.15, 0.2) is 6.33 Å². The van der Waals surface area contributed by atoms with Crippen molar-refractivity contribution in [3.05, 3.63) is 12.2 Å². The maximum atomic E-state index is 4.03. The lowest BCUT2D eigenvalue weighted by molar-refractivity contribution is 0.330. The largest absolute Gasteiger partial charge is 0.320 e. The van der Waals surface area contributed by atoms with Crippen LogP contribution < -0.4 is 5.32 Å². The molecule has 2 heterocycles. The molecule has 0 unspecified atom stereocenters. The van der Waals surface area contributed by atoms with Crippen molar-refractivity contribution in [3.63, 3.8) is 0 Å². The Bertz CT molecular complexity index is 303. The van der Waals surface area contributed by atoms with E-state index in [4.69, 9.17) is 0 Å². The van der Waals surface area contributed by atoms with Gasteiger partial charge >= 0.3 is 0 Å². The van der Waals surface area contributed by atoms with Gasteiger partial charge in [0.2, 0.25) is 0 Å². The number of nitrogens with zero attached hydrogens (tertiary/aromatic N) is 4. The summed E-state index contributed by atoms with van der Waals surface area (Å²) in [4.78, 5) is 2.55. The molecule has 0 bridgehead atoms. The highest BCUT2D eigenvalue weighted by Gasteiger charge is 2.09. The Morgan fingerprint density at radius 3 is 2.88 bits per heavy atom. The van der Waals surface area contributed by atoms with Crippen LogP contribution in [0, 0.1) is 0 Å². The molecule has 1 aromatic rings. The van der Waals surface area contributed by atoms with Gasteiger partial charge in [-0.15, -0.1) is 10.2 Å². The van der Waals surface area contributed by atoms with Crippen molar-refractivity contribution >= 4 is 0 Å². The molecule has 0 atom stereocenters. The molecule has 0 saturated carbocycles. The molecule has 0 spiro atoms. The maximum Gasteiger partial charge on any atom is 0.146 e. The van der Waals surface area contributed by atoms with Crippen LogP contribution in [0.1, 0.15) is 25.1 Å². The van der Waals surface area contributed by atoms with E-state index in [-0.39, 0.29) is 0 Å². The highest BCUT2D eigenvalue weighted by molar-refractivity contribution is 4.82. The maximum absolute atomic E-state index is 4.03. The van der Waals surface area contributed by atoms with Gasteiger partial charge in [0.15, 0.2) is 0 Å². The first-order valence-corrected chi connectivity index (χ1v) is 6.12. The summed E-state index contributed by atoms with van der Waals surface area (Å²) in [6.07, 6.45) is 5.72. The number of likely N-dealkylation sites (tertiary alicyclic amines) is 1. The van der Waals surface area contributed by atoms with Crippen molar-refractivity contribution in [1.82, 2.24) is 25.0 Å². The number of rotatable bonds is 6. The Kier molecular flexibility index (Phi) is 4.30. The summed E-state index contributed by atoms with van der Waals surface area (Å²) in [7, 11) is 1.97.